The van der Waals surface area contributed by atoms with Crippen LogP contribution in [-0.2, 0) is 24.4 Å². The molecule has 1 atom stereocenters. The van der Waals surface area contributed by atoms with Crippen molar-refractivity contribution in [2.75, 3.05) is 0 Å². The average Bonchev–Trinajstić information content (AvgIpc) is 2.34. The SMILES string of the molecule is CCC(=O)C(OC(=O)C1CCCCC1)S(=O)(=O)O. The van der Waals surface area contributed by atoms with Crippen molar-refractivity contribution < 1.29 is 27.3 Å². The van der Waals surface area contributed by atoms with Crippen molar-refractivity contribution in [1.82, 2.24) is 0 Å². The van der Waals surface area contributed by atoms with E-state index in [1.807, 2.05) is 0 Å². The molecule has 0 spiro atoms. The van der Waals surface area contributed by atoms with Crippen LogP contribution in [-0.4, -0.2) is 30.2 Å². The Hall–Kier alpha value is -0.950. The molecular formula is C11H18O6S. The van der Waals surface area contributed by atoms with Crippen molar-refractivity contribution in [3.05, 3.63) is 0 Å². The number of Topliss-reactive ketones (excluding diaryl/α,β-unsaturated/α-hetero) is 1. The molecule has 0 heterocycles. The van der Waals surface area contributed by atoms with Crippen LogP contribution >= 0.6 is 0 Å². The number of rotatable bonds is 5. The molecule has 0 aromatic heterocycles. The van der Waals surface area contributed by atoms with Crippen LogP contribution in [0.25, 0.3) is 0 Å². The molecule has 0 saturated heterocycles. The predicted octanol–water partition coefficient (Wildman–Crippen LogP) is 1.30. The van der Waals surface area contributed by atoms with Gasteiger partial charge < -0.3 is 4.74 Å². The summed E-state index contributed by atoms with van der Waals surface area (Å²) in [6.07, 6.45) is 3.96. The Morgan fingerprint density at radius 3 is 2.28 bits per heavy atom. The Morgan fingerprint density at radius 2 is 1.83 bits per heavy atom. The third-order valence-electron chi connectivity index (χ3n) is 3.04. The van der Waals surface area contributed by atoms with Gasteiger partial charge in [-0.3, -0.25) is 14.1 Å². The molecule has 1 rings (SSSR count). The summed E-state index contributed by atoms with van der Waals surface area (Å²) in [5.41, 5.74) is -2.07. The largest absolute Gasteiger partial charge is 0.435 e. The number of hydrogen-bond donors (Lipinski definition) is 1. The van der Waals surface area contributed by atoms with E-state index in [9.17, 15) is 18.0 Å². The van der Waals surface area contributed by atoms with Gasteiger partial charge in [-0.05, 0) is 12.8 Å². The van der Waals surface area contributed by atoms with Crippen molar-refractivity contribution >= 4 is 21.9 Å². The zero-order valence-corrected chi connectivity index (χ0v) is 11.1. The fourth-order valence-electron chi connectivity index (χ4n) is 2.00. The van der Waals surface area contributed by atoms with Crippen molar-refractivity contribution in [3.8, 4) is 0 Å². The first-order valence-corrected chi connectivity index (χ1v) is 7.56. The van der Waals surface area contributed by atoms with Crippen LogP contribution in [0.15, 0.2) is 0 Å². The van der Waals surface area contributed by atoms with Crippen LogP contribution in [0.4, 0.5) is 0 Å². The van der Waals surface area contributed by atoms with Crippen molar-refractivity contribution in [1.29, 1.82) is 0 Å². The first-order chi connectivity index (χ1) is 8.36. The first kappa shape index (κ1) is 15.1. The highest BCUT2D eigenvalue weighted by atomic mass is 32.2. The van der Waals surface area contributed by atoms with Crippen molar-refractivity contribution in [2.45, 2.75) is 50.9 Å². The number of carbonyl (C=O) groups is 2. The molecule has 7 heteroatoms. The van der Waals surface area contributed by atoms with Crippen molar-refractivity contribution in [3.63, 3.8) is 0 Å². The minimum atomic E-state index is -4.70. The summed E-state index contributed by atoms with van der Waals surface area (Å²) in [4.78, 5) is 23.1. The zero-order valence-electron chi connectivity index (χ0n) is 10.3. The first-order valence-electron chi connectivity index (χ1n) is 6.05. The number of hydrogen-bond acceptors (Lipinski definition) is 5. The molecule has 0 aromatic carbocycles. The number of ether oxygens (including phenoxy) is 1. The van der Waals surface area contributed by atoms with Crippen LogP contribution < -0.4 is 0 Å². The van der Waals surface area contributed by atoms with Gasteiger partial charge in [-0.1, -0.05) is 26.2 Å². The highest BCUT2D eigenvalue weighted by molar-refractivity contribution is 7.87. The maximum absolute atomic E-state index is 11.7. The van der Waals surface area contributed by atoms with Gasteiger partial charge in [-0.25, -0.2) is 0 Å². The highest BCUT2D eigenvalue weighted by Crippen LogP contribution is 2.25. The smallest absolute Gasteiger partial charge is 0.311 e. The second kappa shape index (κ2) is 6.29. The van der Waals surface area contributed by atoms with E-state index < -0.39 is 27.3 Å². The van der Waals surface area contributed by atoms with Gasteiger partial charge in [0.2, 0.25) is 0 Å². The molecule has 6 nitrogen and oxygen atoms in total. The lowest BCUT2D eigenvalue weighted by Crippen LogP contribution is -2.36. The average molecular weight is 278 g/mol. The molecule has 1 aliphatic rings. The minimum Gasteiger partial charge on any atom is -0.435 e. The lowest BCUT2D eigenvalue weighted by molar-refractivity contribution is -0.155. The number of carbonyl (C=O) groups excluding carboxylic acids is 2. The van der Waals surface area contributed by atoms with Crippen LogP contribution in [0.2, 0.25) is 0 Å². The summed E-state index contributed by atoms with van der Waals surface area (Å²) < 4.78 is 35.6. The van der Waals surface area contributed by atoms with Gasteiger partial charge in [-0.2, -0.15) is 8.42 Å². The Bertz CT molecular complexity index is 407. The van der Waals surface area contributed by atoms with Crippen LogP contribution in [0.1, 0.15) is 45.4 Å². The minimum absolute atomic E-state index is 0.123. The summed E-state index contributed by atoms with van der Waals surface area (Å²) in [5.74, 6) is -1.89. The Kier molecular flexibility index (Phi) is 5.28. The van der Waals surface area contributed by atoms with E-state index in [1.54, 1.807) is 0 Å². The molecule has 1 aliphatic carbocycles. The molecule has 104 valence electrons. The summed E-state index contributed by atoms with van der Waals surface area (Å²) in [7, 11) is -4.70. The van der Waals surface area contributed by atoms with Crippen LogP contribution in [0.5, 0.6) is 0 Å². The molecule has 0 aromatic rings. The molecule has 1 fully saturated rings. The lowest BCUT2D eigenvalue weighted by Gasteiger charge is -2.22. The third kappa shape index (κ3) is 4.06. The lowest BCUT2D eigenvalue weighted by atomic mass is 9.89. The summed E-state index contributed by atoms with van der Waals surface area (Å²) >= 11 is 0. The van der Waals surface area contributed by atoms with Gasteiger partial charge in [0.05, 0.1) is 5.92 Å². The molecule has 0 radical (unpaired) electrons. The summed E-state index contributed by atoms with van der Waals surface area (Å²) in [5, 5.41) is 0. The van der Waals surface area contributed by atoms with E-state index in [-0.39, 0.29) is 12.3 Å². The standard InChI is InChI=1S/C11H18O6S/c1-2-9(12)11(18(14,15)16)17-10(13)8-6-4-3-5-7-8/h8,11H,2-7H2,1H3,(H,14,15,16). The third-order valence-corrected chi connectivity index (χ3v) is 3.94. The van der Waals surface area contributed by atoms with E-state index in [2.05, 4.69) is 4.74 Å². The molecular weight excluding hydrogens is 260 g/mol. The monoisotopic (exact) mass is 278 g/mol. The summed E-state index contributed by atoms with van der Waals surface area (Å²) in [6, 6.07) is 0. The number of ketones is 1. The Labute approximate surface area is 106 Å². The predicted molar refractivity (Wildman–Crippen MR) is 63.3 cm³/mol. The van der Waals surface area contributed by atoms with Gasteiger partial charge >= 0.3 is 16.1 Å². The molecule has 0 bridgehead atoms. The fraction of sp³-hybridized carbons (Fsp3) is 0.818. The van der Waals surface area contributed by atoms with E-state index in [0.717, 1.165) is 19.3 Å². The maximum atomic E-state index is 11.7. The fourth-order valence-corrected chi connectivity index (χ4v) is 2.71. The molecule has 0 aliphatic heterocycles. The van der Waals surface area contributed by atoms with Crippen LogP contribution in [0, 0.1) is 5.92 Å². The Balaban J connectivity index is 2.71. The number of esters is 1. The molecule has 1 saturated carbocycles. The highest BCUT2D eigenvalue weighted by Gasteiger charge is 2.35. The van der Waals surface area contributed by atoms with Crippen LogP contribution in [0.3, 0.4) is 0 Å². The molecule has 18 heavy (non-hydrogen) atoms. The Morgan fingerprint density at radius 1 is 1.28 bits per heavy atom. The maximum Gasteiger partial charge on any atom is 0.311 e. The molecule has 1 N–H and O–H groups in total. The molecule has 1 unspecified atom stereocenters. The van der Waals surface area contributed by atoms with Gasteiger partial charge in [0.15, 0.2) is 5.78 Å². The van der Waals surface area contributed by atoms with Gasteiger partial charge in [0.1, 0.15) is 0 Å². The zero-order chi connectivity index (χ0) is 13.8. The topological polar surface area (TPSA) is 97.7 Å². The second-order valence-corrected chi connectivity index (χ2v) is 5.90. The quantitative estimate of drug-likeness (QED) is 0.601. The van der Waals surface area contributed by atoms with E-state index in [4.69, 9.17) is 4.55 Å². The second-order valence-electron chi connectivity index (χ2n) is 4.44. The summed E-state index contributed by atoms with van der Waals surface area (Å²) in [6.45, 7) is 1.44. The van der Waals surface area contributed by atoms with E-state index in [0.29, 0.717) is 12.8 Å². The van der Waals surface area contributed by atoms with Gasteiger partial charge in [-0.15, -0.1) is 0 Å². The normalized spacial score (nSPS) is 19.2. The molecule has 0 amide bonds. The van der Waals surface area contributed by atoms with Gasteiger partial charge in [0, 0.05) is 6.42 Å². The van der Waals surface area contributed by atoms with E-state index in [1.165, 1.54) is 6.92 Å². The van der Waals surface area contributed by atoms with E-state index >= 15 is 0 Å². The van der Waals surface area contributed by atoms with Crippen molar-refractivity contribution in [2.24, 2.45) is 5.92 Å². The van der Waals surface area contributed by atoms with Gasteiger partial charge in [0.25, 0.3) is 5.44 Å².